The van der Waals surface area contributed by atoms with E-state index < -0.39 is 12.8 Å². The minimum atomic E-state index is -0.491. The Morgan fingerprint density at radius 3 is 1.03 bits per heavy atom. The summed E-state index contributed by atoms with van der Waals surface area (Å²) in [5, 5.41) is 2.40. The highest BCUT2D eigenvalue weighted by Gasteiger charge is 2.47. The number of aromatic nitrogens is 2. The van der Waals surface area contributed by atoms with Gasteiger partial charge in [-0.1, -0.05) is 336 Å². The van der Waals surface area contributed by atoms with Gasteiger partial charge in [0.15, 0.2) is 0 Å². The Hall–Kier alpha value is -10.7. The first-order valence-electron chi connectivity index (χ1n) is 43.6. The molecule has 0 fully saturated rings. The summed E-state index contributed by atoms with van der Waals surface area (Å²) in [5.74, 6) is 0. The van der Waals surface area contributed by atoms with Crippen LogP contribution in [0, 0.1) is 0 Å². The maximum Gasteiger partial charge on any atom is 0.252 e. The highest BCUT2D eigenvalue weighted by atomic mass is 15.2. The van der Waals surface area contributed by atoms with Gasteiger partial charge in [-0.15, -0.1) is 0 Å². The summed E-state index contributed by atoms with van der Waals surface area (Å²) in [7, 11) is 0. The smallest absolute Gasteiger partial charge is 0.252 e. The number of hydrogen-bond donors (Lipinski definition) is 0. The van der Waals surface area contributed by atoms with Crippen molar-refractivity contribution in [3.63, 3.8) is 0 Å². The standard InChI is InChI=1S/C109H115BN4/c1-102(2,3)76-46-51-91-87(61-76)88-62-77(103(4,5)6)47-52-92(88)112(91)82-48-50-90-94(67-82)114(101-85(71-43-35-28-36-44-71)65-81(107(16,17)18)66-86(101)75-58-97(108(19,20)21)111-98(59-75)109(22,23)24)96-57-74(73-53-78(104(7,8)9)60-79(54-73)105(10,11)12)56-95-99(96)110(90)89-49-45-72(68-37-29-25-30-38-68)55-93(89)113(95)100-83(69-39-31-26-32-40-69)63-80(106(13,14)15)64-84(100)70-41-33-27-34-42-70/h25-67H,1-24H3/i25D,29D,30D,37D,38D. The third kappa shape index (κ3) is 14.0. The molecule has 0 N–H and O–H groups in total. The minimum absolute atomic E-state index is 0.125. The van der Waals surface area contributed by atoms with Crippen LogP contribution in [0.5, 0.6) is 0 Å². The summed E-state index contributed by atoms with van der Waals surface area (Å²) >= 11 is 0. The number of nitrogens with zero attached hydrogens (tertiary/aromatic N) is 4. The molecule has 0 radical (unpaired) electrons. The molecule has 0 saturated heterocycles. The zero-order valence-electron chi connectivity index (χ0n) is 76.8. The van der Waals surface area contributed by atoms with Crippen LogP contribution >= 0.6 is 0 Å². The van der Waals surface area contributed by atoms with Crippen molar-refractivity contribution < 1.29 is 6.85 Å². The van der Waals surface area contributed by atoms with Crippen molar-refractivity contribution in [3.8, 4) is 72.4 Å². The predicted octanol–water partition coefficient (Wildman–Crippen LogP) is 28.6. The molecule has 0 unspecified atom stereocenters. The Kier molecular flexibility index (Phi) is 17.1. The van der Waals surface area contributed by atoms with Gasteiger partial charge in [0.2, 0.25) is 0 Å². The van der Waals surface area contributed by atoms with Gasteiger partial charge in [0, 0.05) is 83.7 Å². The minimum Gasteiger partial charge on any atom is -0.310 e. The molecule has 0 aliphatic carbocycles. The van der Waals surface area contributed by atoms with Gasteiger partial charge in [0.25, 0.3) is 6.71 Å². The molecule has 0 amide bonds. The molecule has 12 aromatic carbocycles. The van der Waals surface area contributed by atoms with E-state index in [0.29, 0.717) is 5.56 Å². The van der Waals surface area contributed by atoms with Crippen LogP contribution in [-0.4, -0.2) is 16.3 Å². The molecule has 2 aromatic heterocycles. The molecule has 114 heavy (non-hydrogen) atoms. The number of fused-ring (bicyclic) bond motifs is 7. The molecule has 2 aliphatic rings. The van der Waals surface area contributed by atoms with Crippen molar-refractivity contribution in [2.24, 2.45) is 0 Å². The summed E-state index contributed by atoms with van der Waals surface area (Å²) in [5.41, 5.74) is 30.5. The second-order valence-electron chi connectivity index (χ2n) is 40.7. The van der Waals surface area contributed by atoms with E-state index >= 15 is 0 Å². The molecular formula is C109H115BN4. The van der Waals surface area contributed by atoms with Gasteiger partial charge >= 0.3 is 0 Å². The predicted molar refractivity (Wildman–Crippen MR) is 495 cm³/mol. The zero-order valence-corrected chi connectivity index (χ0v) is 71.8. The zero-order chi connectivity index (χ0) is 85.4. The number of anilines is 6. The van der Waals surface area contributed by atoms with Gasteiger partial charge < -0.3 is 14.4 Å². The van der Waals surface area contributed by atoms with Crippen molar-refractivity contribution in [1.82, 2.24) is 9.55 Å². The highest BCUT2D eigenvalue weighted by Crippen LogP contribution is 2.57. The largest absolute Gasteiger partial charge is 0.310 e. The van der Waals surface area contributed by atoms with Gasteiger partial charge in [-0.3, -0.25) is 4.98 Å². The SMILES string of the molecule is [2H]c1c([2H])c([2H])c(-c2ccc3c(c2)N(c2c(-c4ccccc4)cc(C(C)(C)C)cc2-c2ccccc2)c2cc(-c4cc(C(C)(C)C)cc(C(C)(C)C)c4)cc4c2B3c2ccc(-n3c5ccc(C(C)(C)C)cc5c5cc(C(C)(C)C)ccc53)cc2N4c2c(-c3ccccc3)cc(C(C)(C)C)cc2-c2cc(C(C)(C)C)nc(C(C)(C)C)c2)c([2H])c1[2H]. The molecule has 0 saturated carbocycles. The number of pyridine rings is 1. The summed E-state index contributed by atoms with van der Waals surface area (Å²) in [4.78, 5) is 10.9. The van der Waals surface area contributed by atoms with E-state index in [2.05, 4.69) is 405 Å². The third-order valence-corrected chi connectivity index (χ3v) is 23.9. The maximum atomic E-state index is 9.83. The first kappa shape index (κ1) is 71.1. The number of hydrogen-bond acceptors (Lipinski definition) is 3. The Bertz CT molecular complexity index is 6210. The molecule has 2 aliphatic heterocycles. The topological polar surface area (TPSA) is 24.3 Å². The van der Waals surface area contributed by atoms with Crippen LogP contribution in [0.15, 0.2) is 261 Å². The van der Waals surface area contributed by atoms with E-state index in [0.717, 1.165) is 140 Å². The molecule has 16 rings (SSSR count). The second-order valence-corrected chi connectivity index (χ2v) is 40.7. The van der Waals surface area contributed by atoms with Crippen molar-refractivity contribution in [1.29, 1.82) is 0 Å². The van der Waals surface area contributed by atoms with Gasteiger partial charge in [0.1, 0.15) is 0 Å². The fourth-order valence-corrected chi connectivity index (χ4v) is 17.0. The number of rotatable bonds is 9. The average Bonchev–Trinajstić information content (AvgIpc) is 0.972. The highest BCUT2D eigenvalue weighted by molar-refractivity contribution is 7.00. The van der Waals surface area contributed by atoms with Crippen molar-refractivity contribution >= 4 is 79.0 Å². The van der Waals surface area contributed by atoms with Crippen molar-refractivity contribution in [2.45, 2.75) is 209 Å². The van der Waals surface area contributed by atoms with Gasteiger partial charge in [-0.2, -0.15) is 0 Å². The van der Waals surface area contributed by atoms with Crippen LogP contribution < -0.4 is 26.2 Å². The van der Waals surface area contributed by atoms with E-state index in [9.17, 15) is 5.48 Å². The maximum absolute atomic E-state index is 9.83. The van der Waals surface area contributed by atoms with E-state index in [1.54, 1.807) is 0 Å². The quantitative estimate of drug-likeness (QED) is 0.135. The lowest BCUT2D eigenvalue weighted by atomic mass is 9.33. The van der Waals surface area contributed by atoms with Crippen LogP contribution in [0.25, 0.3) is 94.3 Å². The van der Waals surface area contributed by atoms with Crippen LogP contribution in [0.2, 0.25) is 0 Å². The second kappa shape index (κ2) is 27.5. The van der Waals surface area contributed by atoms with E-state index in [1.807, 2.05) is 6.07 Å². The lowest BCUT2D eigenvalue weighted by molar-refractivity contribution is 0.531. The molecule has 574 valence electrons. The summed E-state index contributed by atoms with van der Waals surface area (Å²) in [6, 6.07) is 85.9. The molecule has 4 nitrogen and oxygen atoms in total. The molecule has 4 heterocycles. The van der Waals surface area contributed by atoms with E-state index in [1.165, 1.54) is 38.6 Å². The Morgan fingerprint density at radius 1 is 0.272 bits per heavy atom. The lowest BCUT2D eigenvalue weighted by Gasteiger charge is -2.46. The first-order chi connectivity index (χ1) is 55.6. The van der Waals surface area contributed by atoms with Crippen molar-refractivity contribution in [2.75, 3.05) is 9.80 Å². The molecule has 0 atom stereocenters. The fourth-order valence-electron chi connectivity index (χ4n) is 17.0. The lowest BCUT2D eigenvalue weighted by Crippen LogP contribution is -2.61. The van der Waals surface area contributed by atoms with Crippen LogP contribution in [0.4, 0.5) is 34.1 Å². The van der Waals surface area contributed by atoms with Crippen LogP contribution in [-0.2, 0) is 43.3 Å². The molecular weight excluding hydrogens is 1380 g/mol. The molecule has 0 spiro atoms. The Morgan fingerprint density at radius 2 is 0.632 bits per heavy atom. The molecule has 14 aromatic rings. The third-order valence-electron chi connectivity index (χ3n) is 23.9. The molecule has 5 heteroatoms. The molecule has 0 bridgehead atoms. The van der Waals surface area contributed by atoms with Crippen LogP contribution in [0.1, 0.15) is 218 Å². The number of benzene rings is 12. The van der Waals surface area contributed by atoms with Crippen LogP contribution in [0.3, 0.4) is 0 Å². The van der Waals surface area contributed by atoms with E-state index in [-0.39, 0.29) is 73.1 Å². The fraction of sp³-hybridized carbons (Fsp3) is 0.294. The summed E-state index contributed by atoms with van der Waals surface area (Å²) in [6.07, 6.45) is 0. The van der Waals surface area contributed by atoms with Gasteiger partial charge in [-0.25, -0.2) is 0 Å². The van der Waals surface area contributed by atoms with Gasteiger partial charge in [0.05, 0.1) is 29.3 Å². The van der Waals surface area contributed by atoms with Crippen molar-refractivity contribution in [3.05, 3.63) is 306 Å². The summed E-state index contributed by atoms with van der Waals surface area (Å²) < 4.78 is 49.7. The average molecular weight is 1500 g/mol. The normalized spacial score (nSPS) is 14.2. The van der Waals surface area contributed by atoms with E-state index in [4.69, 9.17) is 6.35 Å². The summed E-state index contributed by atoms with van der Waals surface area (Å²) in [6.45, 7) is 55.0. The monoisotopic (exact) mass is 1500 g/mol. The first-order valence-corrected chi connectivity index (χ1v) is 41.1. The Labute approximate surface area is 688 Å². The Balaban J connectivity index is 1.18. The van der Waals surface area contributed by atoms with Gasteiger partial charge in [-0.05, 0) is 218 Å².